The first-order valence-electron chi connectivity index (χ1n) is 37.4. The van der Waals surface area contributed by atoms with Gasteiger partial charge in [0.15, 0.2) is 5.78 Å². The summed E-state index contributed by atoms with van der Waals surface area (Å²) < 4.78 is 147. The summed E-state index contributed by atoms with van der Waals surface area (Å²) in [6, 6.07) is 34.7. The fraction of sp³-hybridized carbons (Fsp3) is 0.452. The topological polar surface area (TPSA) is 366 Å². The summed E-state index contributed by atoms with van der Waals surface area (Å²) in [5.41, 5.74) is 11.9. The predicted molar refractivity (Wildman–Crippen MR) is 434 cm³/mol. The van der Waals surface area contributed by atoms with Crippen LogP contribution in [0.2, 0.25) is 0 Å². The Hall–Kier alpha value is -6.66. The molecule has 0 spiro atoms. The molecule has 121 heavy (non-hydrogen) atoms. The van der Waals surface area contributed by atoms with Crippen LogP contribution >= 0.6 is 0 Å². The number of nitrogens with zero attached hydrogens (tertiary/aromatic N) is 1. The number of alkyl halides is 3. The molecule has 0 saturated heterocycles. The van der Waals surface area contributed by atoms with Gasteiger partial charge in [0.1, 0.15) is 34.9 Å². The molecule has 0 heterocycles. The van der Waals surface area contributed by atoms with Crippen molar-refractivity contribution in [3.63, 3.8) is 0 Å². The second-order valence-corrected chi connectivity index (χ2v) is 26.5. The quantitative estimate of drug-likeness (QED) is 0.00481. The van der Waals surface area contributed by atoms with E-state index in [2.05, 4.69) is 57.9 Å². The van der Waals surface area contributed by atoms with Gasteiger partial charge in [-0.25, -0.2) is 31.4 Å². The number of carboxylic acids is 1. The Kier molecular flexibility index (Phi) is 79.9. The molecule has 0 aliphatic heterocycles. The second-order valence-electron chi connectivity index (χ2n) is 24.9. The van der Waals surface area contributed by atoms with Gasteiger partial charge in [-0.3, -0.25) is 45.4 Å². The van der Waals surface area contributed by atoms with Gasteiger partial charge >= 0.3 is 94.3 Å². The number of hydrogen-bond donors (Lipinski definition) is 7. The summed E-state index contributed by atoms with van der Waals surface area (Å²) >= 11 is 0. The van der Waals surface area contributed by atoms with Crippen LogP contribution in [0, 0.1) is 41.0 Å². The Labute approximate surface area is 757 Å². The van der Waals surface area contributed by atoms with Gasteiger partial charge < -0.3 is 90.9 Å². The smallest absolute Gasteiger partial charge is 1.00 e. The Morgan fingerprint density at radius 3 is 1.11 bits per heavy atom. The number of rotatable bonds is 31. The van der Waals surface area contributed by atoms with Crippen LogP contribution in [0.1, 0.15) is 201 Å². The predicted octanol–water partition coefficient (Wildman–Crippen LogP) is 6.25. The first-order chi connectivity index (χ1) is 54.7. The van der Waals surface area contributed by atoms with E-state index in [1.807, 2.05) is 40.9 Å². The molecule has 6 atom stereocenters. The molecule has 1 amide bonds. The van der Waals surface area contributed by atoms with Gasteiger partial charge in [-0.05, 0) is 177 Å². The zero-order chi connectivity index (χ0) is 86.7. The van der Waals surface area contributed by atoms with Crippen LogP contribution in [0.15, 0.2) is 163 Å². The van der Waals surface area contributed by atoms with Gasteiger partial charge in [0, 0.05) is 69.9 Å². The molecule has 23 nitrogen and oxygen atoms in total. The largest absolute Gasteiger partial charge is 2.00 e. The number of hydrogen-bond acceptors (Lipinski definition) is 21. The van der Waals surface area contributed by atoms with E-state index in [4.69, 9.17) is 21.4 Å². The number of benzene rings is 6. The van der Waals surface area contributed by atoms with Crippen LogP contribution in [0.3, 0.4) is 0 Å². The Morgan fingerprint density at radius 1 is 0.512 bits per heavy atom. The monoisotopic (exact) mass is 1800 g/mol. The summed E-state index contributed by atoms with van der Waals surface area (Å²) in [5, 5.41) is 22.4. The van der Waals surface area contributed by atoms with E-state index < -0.39 is 40.3 Å². The molecule has 0 fully saturated rings. The molecule has 0 saturated carbocycles. The molecular formula is C84H116BrF9Li2MgN7O16S-. The molecule has 0 bridgehead atoms. The van der Waals surface area contributed by atoms with E-state index in [-0.39, 0.29) is 197 Å². The number of Topliss-reactive ketones (excluding diaryl/α,β-unsaturated/α-hetero) is 1. The number of aliphatic carboxylic acids is 1. The fourth-order valence-corrected chi connectivity index (χ4v) is 10.6. The summed E-state index contributed by atoms with van der Waals surface area (Å²) in [6.45, 7) is 14.3. The van der Waals surface area contributed by atoms with Crippen LogP contribution < -0.4 is 87.4 Å². The third kappa shape index (κ3) is 59.0. The van der Waals surface area contributed by atoms with Crippen molar-refractivity contribution >= 4 is 69.1 Å². The van der Waals surface area contributed by atoms with Crippen LogP contribution in [0.5, 0.6) is 0 Å². The van der Waals surface area contributed by atoms with Gasteiger partial charge in [0.2, 0.25) is 5.91 Å². The van der Waals surface area contributed by atoms with E-state index in [1.54, 1.807) is 74.8 Å². The minimum absolute atomic E-state index is 0. The number of esters is 2. The maximum absolute atomic E-state index is 13.0. The molecule has 2 aliphatic carbocycles. The van der Waals surface area contributed by atoms with Crippen molar-refractivity contribution in [3.05, 3.63) is 238 Å². The Bertz CT molecular complexity index is 3840. The van der Waals surface area contributed by atoms with Crippen LogP contribution in [-0.2, 0) is 62.1 Å². The number of carbonyl (C=O) groups is 5. The van der Waals surface area contributed by atoms with Crippen molar-refractivity contribution in [1.29, 1.82) is 0 Å². The number of nitrogens with two attached hydrogens (primary N) is 2. The van der Waals surface area contributed by atoms with E-state index in [0.717, 1.165) is 92.4 Å². The number of carbonyl (C=O) groups excluding carboxylic acids is 5. The maximum Gasteiger partial charge on any atom is 2.00 e. The van der Waals surface area contributed by atoms with Crippen molar-refractivity contribution < 1.29 is 171 Å². The number of halogens is 10. The van der Waals surface area contributed by atoms with Crippen LogP contribution in [-0.4, -0.2) is 169 Å². The average molecular weight is 1800 g/mol. The number of amides is 1. The fourth-order valence-electron chi connectivity index (χ4n) is 10.1. The number of allylic oxidation sites excluding steroid dienone is 4. The third-order valence-electron chi connectivity index (χ3n) is 16.3. The standard InChI is InChI=1S/C17H22FNO.C13H19FN2O2.C12H16FNO2.C11H13FNO.C10H12FNO2.C9H10FNO2.C6H9.C3H5F3O3S.C3H8O.BrH.2Li.Mg.2H2O/c1-2-19-16(13-8-10-15(18)11-9-13)12-17(20)14-6-4-3-5-7-14;1-4-15-12(9-13(17)16(2)18-3)10-5-7-11(14)8-6-10;1-3-14-11(8-12(15)16-2)9-4-6-10(13)7-5-9;1-2-13-11(7-8-14)9-3-5-10(12)6-4-9;1-14-10(13)6-9(12)7-2-4-8(11)5-3-7;10-7-3-1-6(2-4-7)8(11)5-9(12)13;1-2-4-6-5-3-1;1-2-9-10(7,8)3(4,5)6;1-3-4-2;;;;;;/h6,8-11,16,19H,2-5,7,12H2,1H3;5-8,12,15H,4,9H2,1-3H3;4-7,11,14H,3,8H2,1-2H3;3-6,11,13H,2,7H2,1H3;2-5,9H,6,12H2,1H3;1-4,8H,5,11H2,(H,12,13);1H,2,4-6H2;2H2,1H3;3H2,1-2H3;1H;;;;2*1H2/q;;;-1;;;-1;;;;2*+1;+2;;/p-3/t16-;12-;2*11-;9-;8-;;;;;;;;;/m111111........./s1. The maximum atomic E-state index is 13.0. The summed E-state index contributed by atoms with van der Waals surface area (Å²) in [4.78, 5) is 71.6. The van der Waals surface area contributed by atoms with Crippen molar-refractivity contribution in [2.45, 2.75) is 173 Å². The first kappa shape index (κ1) is 127. The molecule has 8 rings (SSSR count). The first-order valence-corrected chi connectivity index (χ1v) is 38.8. The molecule has 0 aromatic heterocycles. The van der Waals surface area contributed by atoms with Crippen LogP contribution in [0.25, 0.3) is 0 Å². The number of nitrogens with one attached hydrogen (secondary N) is 4. The van der Waals surface area contributed by atoms with E-state index in [1.165, 1.54) is 143 Å². The van der Waals surface area contributed by atoms with Crippen LogP contribution in [0.4, 0.5) is 39.5 Å². The van der Waals surface area contributed by atoms with E-state index >= 15 is 0 Å². The molecule has 11 N–H and O–H groups in total. The van der Waals surface area contributed by atoms with E-state index in [0.29, 0.717) is 18.4 Å². The molecule has 0 radical (unpaired) electrons. The number of ether oxygens (including phenoxy) is 3. The summed E-state index contributed by atoms with van der Waals surface area (Å²) in [5.74, 6) is -3.28. The summed E-state index contributed by atoms with van der Waals surface area (Å²) in [7, 11) is 2.00. The van der Waals surface area contributed by atoms with Crippen molar-refractivity contribution in [1.82, 2.24) is 26.3 Å². The van der Waals surface area contributed by atoms with Crippen molar-refractivity contribution in [3.8, 4) is 0 Å². The normalized spacial score (nSPS) is 12.8. The zero-order valence-electron chi connectivity index (χ0n) is 71.3. The third-order valence-corrected chi connectivity index (χ3v) is 17.4. The van der Waals surface area contributed by atoms with Gasteiger partial charge in [-0.1, -0.05) is 126 Å². The Morgan fingerprint density at radius 2 is 0.843 bits per heavy atom. The molecular weight excluding hydrogens is 1680 g/mol. The SMILES string of the molecule is CCN[C@H](CC(=O)C1=CCCCC1)c1ccc(F)cc1.CCN[C@H](CC(=O)N(C)OC)c1ccc(F)cc1.CCN[C@H](CC(=O)OC)c1ccc(F)cc1.CCN[C@H](C[C-]=O)c1ccc(F)cc1.CCOC.CCOS(=O)(=O)C(F)(F)F.COC(=O)C[C@@H](N)c1ccc(F)cc1.N[C@H](CC(=O)O)c1ccc(F)cc1.[Br-].[C-]1=CCCCC1.[Li+].[Li+].[Mg+2].[OH-].[OH-]. The molecule has 37 heteroatoms. The minimum atomic E-state index is -5.35. The molecule has 2 aliphatic rings. The van der Waals surface area contributed by atoms with Gasteiger partial charge in [-0.15, -0.1) is 6.42 Å². The molecule has 6 aromatic carbocycles. The van der Waals surface area contributed by atoms with Gasteiger partial charge in [0.25, 0.3) is 0 Å². The minimum Gasteiger partial charge on any atom is -1.00 e. The number of ketones is 1. The van der Waals surface area contributed by atoms with Crippen molar-refractivity contribution in [2.24, 2.45) is 11.5 Å². The molecule has 664 valence electrons. The average Bonchev–Trinajstić information content (AvgIpc) is 0.845. The zero-order valence-corrected chi connectivity index (χ0v) is 75.1. The van der Waals surface area contributed by atoms with Gasteiger partial charge in [-0.2, -0.15) is 28.0 Å². The van der Waals surface area contributed by atoms with Crippen molar-refractivity contribution in [2.75, 3.05) is 74.9 Å². The van der Waals surface area contributed by atoms with Gasteiger partial charge in [0.05, 0.1) is 47.2 Å². The molecule has 6 aromatic rings. The van der Waals surface area contributed by atoms with E-state index in [9.17, 15) is 76.7 Å². The molecule has 0 unspecified atom stereocenters. The summed E-state index contributed by atoms with van der Waals surface area (Å²) in [6.07, 6.45) is 19.9. The number of hydroxylamine groups is 2. The Balaban J connectivity index is -0.000000245. The number of carboxylic acid groups (broad SMARTS) is 1. The second kappa shape index (κ2) is 75.8. The number of methoxy groups -OCH3 is 3.